The highest BCUT2D eigenvalue weighted by atomic mass is 35.5. The van der Waals surface area contributed by atoms with Crippen molar-refractivity contribution in [3.05, 3.63) is 40.4 Å². The van der Waals surface area contributed by atoms with Gasteiger partial charge in [0.15, 0.2) is 5.60 Å². The van der Waals surface area contributed by atoms with Crippen LogP contribution in [0.15, 0.2) is 30.4 Å². The van der Waals surface area contributed by atoms with E-state index in [4.69, 9.17) is 37.4 Å². The number of rotatable bonds is 4. The monoisotopic (exact) mass is 439 g/mol. The quantitative estimate of drug-likeness (QED) is 0.307. The fraction of sp³-hybridized carbons (Fsp3) is 0.368. The number of amides is 2. The minimum atomic E-state index is -1.60. The van der Waals surface area contributed by atoms with Crippen LogP contribution in [-0.2, 0) is 33.4 Å². The Morgan fingerprint density at radius 2 is 1.79 bits per heavy atom. The second-order valence-corrected chi connectivity index (χ2v) is 7.80. The molecule has 2 saturated heterocycles. The third-order valence-electron chi connectivity index (χ3n) is 5.14. The molecule has 152 valence electrons. The van der Waals surface area contributed by atoms with E-state index in [1.807, 2.05) is 0 Å². The standard InChI is InChI=1S/C19H15Cl2NO7/c1-8(23)27-18(28-9(2)24)19-6-5-13(29-19)14-15(19)17(26)22(16(14)25)12-4-3-10(20)7-11(12)21/h3-7,13-15,18H,1-2H3/t13-,14-,15+,19-/m0/s1. The lowest BCUT2D eigenvalue weighted by Crippen LogP contribution is -2.52. The number of hydrogen-bond donors (Lipinski definition) is 0. The van der Waals surface area contributed by atoms with Gasteiger partial charge in [0, 0.05) is 18.9 Å². The Bertz CT molecular complexity index is 961. The summed E-state index contributed by atoms with van der Waals surface area (Å²) in [4.78, 5) is 50.6. The molecule has 0 aromatic heterocycles. The summed E-state index contributed by atoms with van der Waals surface area (Å²) in [7, 11) is 0. The van der Waals surface area contributed by atoms with E-state index in [9.17, 15) is 19.2 Å². The molecule has 0 radical (unpaired) electrons. The Morgan fingerprint density at radius 3 is 2.38 bits per heavy atom. The molecule has 0 aliphatic carbocycles. The number of carbonyl (C=O) groups is 4. The number of carbonyl (C=O) groups excluding carboxylic acids is 4. The van der Waals surface area contributed by atoms with Gasteiger partial charge in [-0.2, -0.15) is 0 Å². The Labute approximate surface area is 175 Å². The van der Waals surface area contributed by atoms with Crippen LogP contribution in [0.3, 0.4) is 0 Å². The van der Waals surface area contributed by atoms with E-state index in [2.05, 4.69) is 0 Å². The number of imide groups is 1. The molecule has 3 aliphatic heterocycles. The predicted octanol–water partition coefficient (Wildman–Crippen LogP) is 2.26. The van der Waals surface area contributed by atoms with Gasteiger partial charge in [0.05, 0.1) is 28.6 Å². The van der Waals surface area contributed by atoms with E-state index in [1.54, 1.807) is 6.08 Å². The molecule has 29 heavy (non-hydrogen) atoms. The van der Waals surface area contributed by atoms with Crippen molar-refractivity contribution in [2.75, 3.05) is 4.90 Å². The zero-order valence-corrected chi connectivity index (χ0v) is 16.8. The van der Waals surface area contributed by atoms with E-state index in [0.29, 0.717) is 5.02 Å². The number of nitrogens with zero attached hydrogens (tertiary/aromatic N) is 1. The second-order valence-electron chi connectivity index (χ2n) is 6.96. The minimum absolute atomic E-state index is 0.131. The number of benzene rings is 1. The van der Waals surface area contributed by atoms with Gasteiger partial charge < -0.3 is 14.2 Å². The zero-order chi connectivity index (χ0) is 21.1. The molecule has 2 fully saturated rings. The van der Waals surface area contributed by atoms with Gasteiger partial charge in [-0.3, -0.25) is 19.2 Å². The normalized spacial score (nSPS) is 29.6. The SMILES string of the molecule is CC(=O)OC(OC(C)=O)[C@@]12C=C[C@H](O1)[C@@H]1C(=O)N(c3ccc(Cl)cc3Cl)C(=O)[C@@H]12. The summed E-state index contributed by atoms with van der Waals surface area (Å²) in [6.45, 7) is 2.27. The fourth-order valence-electron chi connectivity index (χ4n) is 4.12. The molecule has 4 atom stereocenters. The number of esters is 2. The third kappa shape index (κ3) is 2.94. The van der Waals surface area contributed by atoms with Crippen molar-refractivity contribution in [1.82, 2.24) is 0 Å². The topological polar surface area (TPSA) is 99.2 Å². The smallest absolute Gasteiger partial charge is 0.305 e. The third-order valence-corrected chi connectivity index (χ3v) is 5.68. The summed E-state index contributed by atoms with van der Waals surface area (Å²) in [5, 5.41) is 0.482. The average Bonchev–Trinajstić information content (AvgIpc) is 3.26. The molecule has 0 unspecified atom stereocenters. The summed E-state index contributed by atoms with van der Waals surface area (Å²) in [6, 6.07) is 4.41. The maximum absolute atomic E-state index is 13.3. The highest BCUT2D eigenvalue weighted by Crippen LogP contribution is 2.55. The van der Waals surface area contributed by atoms with Gasteiger partial charge in [0.25, 0.3) is 6.29 Å². The molecule has 2 amide bonds. The van der Waals surface area contributed by atoms with E-state index >= 15 is 0 Å². The number of anilines is 1. The van der Waals surface area contributed by atoms with Crippen LogP contribution in [0.25, 0.3) is 0 Å². The Balaban J connectivity index is 1.76. The van der Waals surface area contributed by atoms with Crippen molar-refractivity contribution >= 4 is 52.6 Å². The molecule has 1 aromatic carbocycles. The lowest BCUT2D eigenvalue weighted by Gasteiger charge is -2.34. The zero-order valence-electron chi connectivity index (χ0n) is 15.3. The summed E-state index contributed by atoms with van der Waals surface area (Å²) < 4.78 is 16.2. The maximum atomic E-state index is 13.3. The minimum Gasteiger partial charge on any atom is -0.422 e. The van der Waals surface area contributed by atoms with Gasteiger partial charge in [-0.15, -0.1) is 0 Å². The van der Waals surface area contributed by atoms with Crippen molar-refractivity contribution in [3.8, 4) is 0 Å². The summed E-state index contributed by atoms with van der Waals surface area (Å²) >= 11 is 12.1. The van der Waals surface area contributed by atoms with Crippen molar-refractivity contribution in [2.45, 2.75) is 31.8 Å². The molecule has 3 aliphatic rings. The van der Waals surface area contributed by atoms with Crippen molar-refractivity contribution in [2.24, 2.45) is 11.8 Å². The van der Waals surface area contributed by atoms with Crippen molar-refractivity contribution in [3.63, 3.8) is 0 Å². The molecule has 0 N–H and O–H groups in total. The summed E-state index contributed by atoms with van der Waals surface area (Å²) in [5.74, 6) is -4.49. The first-order chi connectivity index (χ1) is 13.7. The average molecular weight is 440 g/mol. The number of ether oxygens (including phenoxy) is 3. The molecule has 4 rings (SSSR count). The maximum Gasteiger partial charge on any atom is 0.305 e. The Kier molecular flexibility index (Phi) is 4.68. The van der Waals surface area contributed by atoms with Crippen LogP contribution >= 0.6 is 23.2 Å². The number of fused-ring (bicyclic) bond motifs is 5. The van der Waals surface area contributed by atoms with Gasteiger partial charge in [-0.1, -0.05) is 29.3 Å². The Hall–Kier alpha value is -2.42. The molecular formula is C19H15Cl2NO7. The first-order valence-electron chi connectivity index (χ1n) is 8.70. The Morgan fingerprint density at radius 1 is 1.14 bits per heavy atom. The van der Waals surface area contributed by atoms with Crippen LogP contribution in [-0.4, -0.2) is 41.7 Å². The van der Waals surface area contributed by atoms with E-state index < -0.39 is 53.6 Å². The first-order valence-corrected chi connectivity index (χ1v) is 9.46. The molecule has 8 nitrogen and oxygen atoms in total. The van der Waals surface area contributed by atoms with Gasteiger partial charge in [-0.05, 0) is 24.3 Å². The lowest BCUT2D eigenvalue weighted by atomic mass is 9.76. The number of hydrogen-bond acceptors (Lipinski definition) is 7. The van der Waals surface area contributed by atoms with Crippen molar-refractivity contribution in [1.29, 1.82) is 0 Å². The molecule has 0 spiro atoms. The van der Waals surface area contributed by atoms with Crippen LogP contribution in [0.1, 0.15) is 13.8 Å². The van der Waals surface area contributed by atoms with Gasteiger partial charge >= 0.3 is 11.9 Å². The highest BCUT2D eigenvalue weighted by Gasteiger charge is 2.72. The van der Waals surface area contributed by atoms with E-state index in [0.717, 1.165) is 18.7 Å². The molecule has 10 heteroatoms. The van der Waals surface area contributed by atoms with Gasteiger partial charge in [0.1, 0.15) is 0 Å². The summed E-state index contributed by atoms with van der Waals surface area (Å²) in [5.41, 5.74) is -1.42. The first kappa shape index (κ1) is 19.9. The van der Waals surface area contributed by atoms with Crippen LogP contribution < -0.4 is 4.90 Å². The predicted molar refractivity (Wildman–Crippen MR) is 100.0 cm³/mol. The summed E-state index contributed by atoms with van der Waals surface area (Å²) in [6.07, 6.45) is 0.847. The van der Waals surface area contributed by atoms with Gasteiger partial charge in [-0.25, -0.2) is 4.90 Å². The lowest BCUT2D eigenvalue weighted by molar-refractivity contribution is -0.226. The number of halogens is 2. The van der Waals surface area contributed by atoms with Crippen LogP contribution in [0.4, 0.5) is 5.69 Å². The molecular weight excluding hydrogens is 425 g/mol. The largest absolute Gasteiger partial charge is 0.422 e. The van der Waals surface area contributed by atoms with E-state index in [-0.39, 0.29) is 10.7 Å². The van der Waals surface area contributed by atoms with Gasteiger partial charge in [0.2, 0.25) is 11.8 Å². The van der Waals surface area contributed by atoms with Crippen LogP contribution in [0.2, 0.25) is 10.0 Å². The van der Waals surface area contributed by atoms with Crippen LogP contribution in [0.5, 0.6) is 0 Å². The van der Waals surface area contributed by atoms with Crippen molar-refractivity contribution < 1.29 is 33.4 Å². The molecule has 2 bridgehead atoms. The highest BCUT2D eigenvalue weighted by molar-refractivity contribution is 6.38. The van der Waals surface area contributed by atoms with Crippen LogP contribution in [0, 0.1) is 11.8 Å². The fourth-order valence-corrected chi connectivity index (χ4v) is 4.61. The molecule has 0 saturated carbocycles. The van der Waals surface area contributed by atoms with E-state index in [1.165, 1.54) is 24.3 Å². The molecule has 3 heterocycles. The molecule has 1 aromatic rings. The second kappa shape index (κ2) is 6.83.